The lowest BCUT2D eigenvalue weighted by molar-refractivity contribution is -0.129. The molecular formula is C23H24FN5O2. The molecule has 0 radical (unpaired) electrons. The van der Waals surface area contributed by atoms with Crippen molar-refractivity contribution in [3.63, 3.8) is 0 Å². The lowest BCUT2D eigenvalue weighted by Crippen LogP contribution is -2.57. The van der Waals surface area contributed by atoms with Crippen molar-refractivity contribution in [1.29, 1.82) is 0 Å². The van der Waals surface area contributed by atoms with Crippen LogP contribution in [0.3, 0.4) is 0 Å². The Balaban J connectivity index is 1.30. The number of likely N-dealkylation sites (tertiary alicyclic amines) is 1. The van der Waals surface area contributed by atoms with Crippen LogP contribution in [0.1, 0.15) is 28.9 Å². The number of nitrogens with one attached hydrogen (secondary N) is 1. The molecule has 0 spiro atoms. The van der Waals surface area contributed by atoms with Crippen molar-refractivity contribution in [1.82, 2.24) is 25.0 Å². The first-order valence-corrected chi connectivity index (χ1v) is 10.2. The lowest BCUT2D eigenvalue weighted by Gasteiger charge is -2.38. The highest BCUT2D eigenvalue weighted by molar-refractivity contribution is 5.93. The molecule has 1 N–H and O–H groups in total. The number of halogens is 1. The predicted molar refractivity (Wildman–Crippen MR) is 113 cm³/mol. The molecule has 160 valence electrons. The quantitative estimate of drug-likeness (QED) is 0.663. The van der Waals surface area contributed by atoms with Crippen LogP contribution in [0.4, 0.5) is 4.39 Å². The average Bonchev–Trinajstić information content (AvgIpc) is 3.11. The number of amides is 2. The molecule has 1 aliphatic heterocycles. The van der Waals surface area contributed by atoms with E-state index in [-0.39, 0.29) is 35.4 Å². The second-order valence-corrected chi connectivity index (χ2v) is 7.88. The highest BCUT2D eigenvalue weighted by Gasteiger charge is 2.37. The second kappa shape index (κ2) is 8.67. The van der Waals surface area contributed by atoms with E-state index in [2.05, 4.69) is 15.4 Å². The van der Waals surface area contributed by atoms with E-state index >= 15 is 0 Å². The van der Waals surface area contributed by atoms with E-state index in [4.69, 9.17) is 0 Å². The first kappa shape index (κ1) is 20.7. The van der Waals surface area contributed by atoms with Crippen molar-refractivity contribution in [3.8, 4) is 5.69 Å². The topological polar surface area (TPSA) is 80.1 Å². The molecule has 1 aliphatic rings. The molecule has 2 amide bonds. The fourth-order valence-electron chi connectivity index (χ4n) is 3.63. The zero-order valence-corrected chi connectivity index (χ0v) is 17.5. The third kappa shape index (κ3) is 4.63. The summed E-state index contributed by atoms with van der Waals surface area (Å²) in [6, 6.07) is 15.7. The van der Waals surface area contributed by atoms with E-state index in [9.17, 15) is 14.0 Å². The minimum atomic E-state index is -0.280. The van der Waals surface area contributed by atoms with Gasteiger partial charge in [0.05, 0.1) is 11.6 Å². The van der Waals surface area contributed by atoms with Gasteiger partial charge in [-0.1, -0.05) is 30.3 Å². The summed E-state index contributed by atoms with van der Waals surface area (Å²) in [6.45, 7) is 4.39. The molecule has 1 saturated heterocycles. The first-order chi connectivity index (χ1) is 14.9. The van der Waals surface area contributed by atoms with Crippen LogP contribution >= 0.6 is 0 Å². The van der Waals surface area contributed by atoms with Crippen LogP contribution in [0, 0.1) is 18.7 Å². The molecule has 0 aliphatic carbocycles. The van der Waals surface area contributed by atoms with Crippen molar-refractivity contribution in [2.45, 2.75) is 26.3 Å². The van der Waals surface area contributed by atoms with Crippen molar-refractivity contribution in [3.05, 3.63) is 77.6 Å². The molecule has 0 saturated carbocycles. The van der Waals surface area contributed by atoms with E-state index in [1.165, 1.54) is 12.1 Å². The molecule has 1 fully saturated rings. The fraction of sp³-hybridized carbons (Fsp3) is 0.304. The van der Waals surface area contributed by atoms with Gasteiger partial charge >= 0.3 is 0 Å². The van der Waals surface area contributed by atoms with Gasteiger partial charge in [0.2, 0.25) is 11.7 Å². The van der Waals surface area contributed by atoms with Gasteiger partial charge in [-0.2, -0.15) is 0 Å². The van der Waals surface area contributed by atoms with Crippen molar-refractivity contribution >= 4 is 11.8 Å². The second-order valence-electron chi connectivity index (χ2n) is 7.88. The standard InChI is InChI=1S/C23H24FN5O2/c1-15(12-17-8-10-19(24)11-9-17)25-22(30)18-13-28(14-18)23(31)21-26-16(2)29(27-21)20-6-4-3-5-7-20/h3-11,15,18H,12-14H2,1-2H3,(H,25,30). The van der Waals surface area contributed by atoms with E-state index in [1.807, 2.05) is 37.3 Å². The molecule has 2 aromatic carbocycles. The number of rotatable bonds is 6. The number of carbonyl (C=O) groups is 2. The van der Waals surface area contributed by atoms with E-state index in [0.717, 1.165) is 11.3 Å². The lowest BCUT2D eigenvalue weighted by atomic mass is 9.98. The Morgan fingerprint density at radius 3 is 2.48 bits per heavy atom. The Kier molecular flexibility index (Phi) is 5.79. The summed E-state index contributed by atoms with van der Waals surface area (Å²) in [5.41, 5.74) is 1.79. The predicted octanol–water partition coefficient (Wildman–Crippen LogP) is 2.53. The summed E-state index contributed by atoms with van der Waals surface area (Å²) in [4.78, 5) is 31.1. The number of para-hydroxylation sites is 1. The average molecular weight is 421 g/mol. The van der Waals surface area contributed by atoms with Gasteiger partial charge in [-0.3, -0.25) is 9.59 Å². The molecule has 3 aromatic rings. The maximum Gasteiger partial charge on any atom is 0.293 e. The maximum absolute atomic E-state index is 13.0. The molecule has 2 heterocycles. The number of hydrogen-bond acceptors (Lipinski definition) is 4. The molecule has 1 aromatic heterocycles. The molecule has 0 bridgehead atoms. The van der Waals surface area contributed by atoms with Crippen LogP contribution < -0.4 is 5.32 Å². The van der Waals surface area contributed by atoms with Gasteiger partial charge in [0.25, 0.3) is 5.91 Å². The Labute approximate surface area is 179 Å². The summed E-state index contributed by atoms with van der Waals surface area (Å²) in [7, 11) is 0. The number of aryl methyl sites for hydroxylation is 1. The fourth-order valence-corrected chi connectivity index (χ4v) is 3.63. The van der Waals surface area contributed by atoms with Crippen molar-refractivity contribution in [2.75, 3.05) is 13.1 Å². The van der Waals surface area contributed by atoms with Crippen LogP contribution in [0.25, 0.3) is 5.69 Å². The zero-order valence-electron chi connectivity index (χ0n) is 17.5. The number of nitrogens with zero attached hydrogens (tertiary/aromatic N) is 4. The number of aromatic nitrogens is 3. The molecule has 8 heteroatoms. The number of benzene rings is 2. The minimum absolute atomic E-state index is 0.0855. The van der Waals surface area contributed by atoms with E-state index in [0.29, 0.717) is 25.3 Å². The molecule has 7 nitrogen and oxygen atoms in total. The SMILES string of the molecule is Cc1nc(C(=O)N2CC(C(=O)NC(C)Cc3ccc(F)cc3)C2)nn1-c1ccccc1. The minimum Gasteiger partial charge on any atom is -0.353 e. The number of hydrogen-bond donors (Lipinski definition) is 1. The van der Waals surface area contributed by atoms with Crippen LogP contribution in [0.15, 0.2) is 54.6 Å². The molecule has 4 rings (SSSR count). The third-order valence-electron chi connectivity index (χ3n) is 5.34. The molecule has 31 heavy (non-hydrogen) atoms. The molecule has 1 atom stereocenters. The monoisotopic (exact) mass is 421 g/mol. The van der Waals surface area contributed by atoms with Gasteiger partial charge in [-0.05, 0) is 50.1 Å². The molecule has 1 unspecified atom stereocenters. The Morgan fingerprint density at radius 2 is 1.81 bits per heavy atom. The molecular weight excluding hydrogens is 397 g/mol. The normalized spacial score (nSPS) is 14.7. The van der Waals surface area contributed by atoms with Crippen LogP contribution in [0.5, 0.6) is 0 Å². The van der Waals surface area contributed by atoms with Crippen LogP contribution in [-0.2, 0) is 11.2 Å². The summed E-state index contributed by atoms with van der Waals surface area (Å²) < 4.78 is 14.6. The zero-order chi connectivity index (χ0) is 22.0. The van der Waals surface area contributed by atoms with Gasteiger partial charge < -0.3 is 10.2 Å². The Hall–Kier alpha value is -3.55. The van der Waals surface area contributed by atoms with Gasteiger partial charge in [-0.25, -0.2) is 14.1 Å². The largest absolute Gasteiger partial charge is 0.353 e. The summed E-state index contributed by atoms with van der Waals surface area (Å²) in [5, 5.41) is 7.31. The van der Waals surface area contributed by atoms with E-state index < -0.39 is 0 Å². The highest BCUT2D eigenvalue weighted by Crippen LogP contribution is 2.19. The van der Waals surface area contributed by atoms with Gasteiger partial charge in [0.1, 0.15) is 11.6 Å². The van der Waals surface area contributed by atoms with Crippen LogP contribution in [-0.4, -0.2) is 50.6 Å². The summed E-state index contributed by atoms with van der Waals surface area (Å²) >= 11 is 0. The van der Waals surface area contributed by atoms with Gasteiger partial charge in [0.15, 0.2) is 0 Å². The Bertz CT molecular complexity index is 1080. The van der Waals surface area contributed by atoms with Crippen LogP contribution in [0.2, 0.25) is 0 Å². The van der Waals surface area contributed by atoms with Gasteiger partial charge in [0, 0.05) is 19.1 Å². The van der Waals surface area contributed by atoms with Crippen molar-refractivity contribution in [2.24, 2.45) is 5.92 Å². The highest BCUT2D eigenvalue weighted by atomic mass is 19.1. The number of carbonyl (C=O) groups excluding carboxylic acids is 2. The van der Waals surface area contributed by atoms with E-state index in [1.54, 1.807) is 28.6 Å². The third-order valence-corrected chi connectivity index (χ3v) is 5.34. The van der Waals surface area contributed by atoms with Gasteiger partial charge in [-0.15, -0.1) is 5.10 Å². The smallest absolute Gasteiger partial charge is 0.293 e. The van der Waals surface area contributed by atoms with Crippen molar-refractivity contribution < 1.29 is 14.0 Å². The maximum atomic E-state index is 13.0. The summed E-state index contributed by atoms with van der Waals surface area (Å²) in [6.07, 6.45) is 0.613. The first-order valence-electron chi connectivity index (χ1n) is 10.2. The Morgan fingerprint density at radius 1 is 1.13 bits per heavy atom. The summed E-state index contributed by atoms with van der Waals surface area (Å²) in [5.74, 6) is -0.141.